The third-order valence-corrected chi connectivity index (χ3v) is 15.4. The van der Waals surface area contributed by atoms with Crippen molar-refractivity contribution in [2.45, 2.75) is 184 Å². The first-order chi connectivity index (χ1) is 28.2. The van der Waals surface area contributed by atoms with Gasteiger partial charge in [-0.2, -0.15) is 0 Å². The first kappa shape index (κ1) is 47.9. The second-order valence-electron chi connectivity index (χ2n) is 19.6. The monoisotopic (exact) mass is 870 g/mol. The number of aliphatic hydroxyl groups excluding tert-OH is 9. The van der Waals surface area contributed by atoms with Gasteiger partial charge in [0.1, 0.15) is 60.2 Å². The Morgan fingerprint density at radius 3 is 2.11 bits per heavy atom. The number of carbonyl (C=O) groups is 2. The summed E-state index contributed by atoms with van der Waals surface area (Å²) in [6.07, 6.45) is -17.7. The number of hydrogen-bond acceptors (Lipinski definition) is 18. The van der Waals surface area contributed by atoms with Gasteiger partial charge in [-0.25, -0.2) is 0 Å². The Labute approximate surface area is 355 Å². The number of ether oxygens (including phenoxy) is 5. The predicted molar refractivity (Wildman–Crippen MR) is 211 cm³/mol. The van der Waals surface area contributed by atoms with E-state index in [0.717, 1.165) is 0 Å². The summed E-state index contributed by atoms with van der Waals surface area (Å²) in [7, 11) is 0. The zero-order valence-corrected chi connectivity index (χ0v) is 36.1. The highest BCUT2D eigenvalue weighted by Gasteiger charge is 2.73. The molecule has 4 fully saturated rings. The lowest BCUT2D eigenvalue weighted by Gasteiger charge is -2.62. The van der Waals surface area contributed by atoms with Gasteiger partial charge in [-0.15, -0.1) is 0 Å². The quantitative estimate of drug-likeness (QED) is 0.114. The number of hydrogen-bond donors (Lipinski definition) is 11. The lowest BCUT2D eigenvalue weighted by Crippen LogP contribution is -2.64. The number of Topliss-reactive ketones (excluding diaryl/α,β-unsaturated/α-hetero) is 1. The van der Waals surface area contributed by atoms with Gasteiger partial charge in [0.2, 0.25) is 6.29 Å². The van der Waals surface area contributed by atoms with Gasteiger partial charge in [-0.1, -0.05) is 13.8 Å². The molecular formula is C43H66O18. The summed E-state index contributed by atoms with van der Waals surface area (Å²) in [6.45, 7) is 12.3. The molecule has 2 saturated carbocycles. The molecule has 2 aliphatic heterocycles. The number of aromatic hydroxyl groups is 1. The molecule has 1 unspecified atom stereocenters. The number of aliphatic hydroxyl groups is 10. The van der Waals surface area contributed by atoms with Crippen molar-refractivity contribution in [3.63, 3.8) is 0 Å². The van der Waals surface area contributed by atoms with E-state index in [9.17, 15) is 65.8 Å². The summed E-state index contributed by atoms with van der Waals surface area (Å²) >= 11 is 0. The number of phenolic OH excluding ortho intramolecular Hbond substituents is 1. The molecule has 1 aromatic rings. The number of benzene rings is 1. The molecule has 0 radical (unpaired) electrons. The van der Waals surface area contributed by atoms with E-state index >= 15 is 0 Å². The molecule has 0 bridgehead atoms. The Kier molecular flexibility index (Phi) is 13.2. The maximum absolute atomic E-state index is 14.9. The Hall–Kier alpha value is -2.56. The van der Waals surface area contributed by atoms with Crippen LogP contribution >= 0.6 is 0 Å². The zero-order valence-electron chi connectivity index (χ0n) is 36.1. The van der Waals surface area contributed by atoms with Gasteiger partial charge >= 0.3 is 5.97 Å². The van der Waals surface area contributed by atoms with Crippen LogP contribution in [-0.2, 0) is 40.4 Å². The van der Waals surface area contributed by atoms with Crippen LogP contribution in [0, 0.1) is 29.6 Å². The number of esters is 1. The van der Waals surface area contributed by atoms with E-state index in [1.165, 1.54) is 19.9 Å². The molecule has 18 atom stereocenters. The summed E-state index contributed by atoms with van der Waals surface area (Å²) in [5, 5.41) is 120. The predicted octanol–water partition coefficient (Wildman–Crippen LogP) is -0.876. The van der Waals surface area contributed by atoms with Gasteiger partial charge in [0, 0.05) is 19.3 Å². The largest absolute Gasteiger partial charge is 0.504 e. The second kappa shape index (κ2) is 16.8. The fraction of sp³-hybridized carbons (Fsp3) is 0.814. The van der Waals surface area contributed by atoms with Crippen LogP contribution in [-0.4, -0.2) is 166 Å². The van der Waals surface area contributed by atoms with Gasteiger partial charge < -0.3 is 79.9 Å². The fourth-order valence-corrected chi connectivity index (χ4v) is 11.8. The van der Waals surface area contributed by atoms with Crippen molar-refractivity contribution in [2.24, 2.45) is 22.7 Å². The van der Waals surface area contributed by atoms with Crippen LogP contribution in [0.1, 0.15) is 97.3 Å². The third-order valence-electron chi connectivity index (χ3n) is 15.4. The van der Waals surface area contributed by atoms with Gasteiger partial charge in [-0.05, 0) is 106 Å². The highest BCUT2D eigenvalue weighted by Crippen LogP contribution is 2.72. The fourth-order valence-electron chi connectivity index (χ4n) is 11.8. The van der Waals surface area contributed by atoms with Gasteiger partial charge in [0.25, 0.3) is 0 Å². The van der Waals surface area contributed by atoms with E-state index in [0.29, 0.717) is 29.5 Å². The average Bonchev–Trinajstić information content (AvgIpc) is 3.38. The topological polar surface area (TPSA) is 303 Å². The van der Waals surface area contributed by atoms with E-state index in [2.05, 4.69) is 0 Å². The summed E-state index contributed by atoms with van der Waals surface area (Å²) in [6, 6.07) is 1.51. The lowest BCUT2D eigenvalue weighted by atomic mass is 9.41. The van der Waals surface area contributed by atoms with E-state index < -0.39 is 132 Å². The van der Waals surface area contributed by atoms with E-state index in [1.54, 1.807) is 20.8 Å². The molecule has 18 heteroatoms. The first-order valence-electron chi connectivity index (χ1n) is 21.1. The molecule has 5 aliphatic rings. The highest BCUT2D eigenvalue weighted by atomic mass is 16.7. The number of phenols is 1. The third kappa shape index (κ3) is 7.91. The van der Waals surface area contributed by atoms with Crippen molar-refractivity contribution in [3.05, 3.63) is 22.8 Å². The average molecular weight is 871 g/mol. The van der Waals surface area contributed by atoms with Gasteiger partial charge in [-0.3, -0.25) is 9.59 Å². The maximum atomic E-state index is 14.9. The van der Waals surface area contributed by atoms with Crippen LogP contribution in [0.5, 0.6) is 11.5 Å². The molecule has 346 valence electrons. The Morgan fingerprint density at radius 2 is 1.51 bits per heavy atom. The van der Waals surface area contributed by atoms with Crippen LogP contribution < -0.4 is 4.74 Å². The molecule has 11 N–H and O–H groups in total. The summed E-state index contributed by atoms with van der Waals surface area (Å²) in [5.41, 5.74) is -4.06. The van der Waals surface area contributed by atoms with Crippen molar-refractivity contribution >= 4 is 11.8 Å². The lowest BCUT2D eigenvalue weighted by molar-refractivity contribution is -0.323. The minimum atomic E-state index is -1.86. The van der Waals surface area contributed by atoms with E-state index in [-0.39, 0.29) is 43.0 Å². The van der Waals surface area contributed by atoms with Crippen molar-refractivity contribution < 1.29 is 89.4 Å². The second-order valence-corrected chi connectivity index (χ2v) is 19.6. The smallest absolute Gasteiger partial charge is 0.303 e. The van der Waals surface area contributed by atoms with Crippen LogP contribution in [0.2, 0.25) is 0 Å². The Balaban J connectivity index is 1.26. The minimum absolute atomic E-state index is 0.0543. The van der Waals surface area contributed by atoms with Crippen LogP contribution in [0.15, 0.2) is 6.07 Å². The van der Waals surface area contributed by atoms with Crippen molar-refractivity contribution in [1.29, 1.82) is 0 Å². The minimum Gasteiger partial charge on any atom is -0.504 e. The van der Waals surface area contributed by atoms with Crippen LogP contribution in [0.3, 0.4) is 0 Å². The highest BCUT2D eigenvalue weighted by molar-refractivity contribution is 5.93. The van der Waals surface area contributed by atoms with Crippen molar-refractivity contribution in [1.82, 2.24) is 0 Å². The SMILES string of the molecule is CC(=O)OC(C)(C)CCC(O)[C@](C)(O)[C@H]1[C@H](O)C[C@@]2(C)[C@@H]3CCc4c(cc(O[C@@H]5O[C@H](CO[C@@H]6O[C@H](CO)[C@@H](O)[C@H](O)[C@H]6O)[C@@H](O)[C@H](O)[C@H]5O)c(O)c4C)[C@]3(C)C(=O)C[C@]12C. The zero-order chi connectivity index (χ0) is 45.5. The van der Waals surface area contributed by atoms with Crippen LogP contribution in [0.4, 0.5) is 0 Å². The molecule has 2 saturated heterocycles. The maximum Gasteiger partial charge on any atom is 0.303 e. The molecular weight excluding hydrogens is 804 g/mol. The van der Waals surface area contributed by atoms with E-state index in [1.807, 2.05) is 20.8 Å². The normalized spacial score (nSPS) is 42.8. The number of carbonyl (C=O) groups excluding carboxylic acids is 2. The molecule has 0 aromatic heterocycles. The molecule has 18 nitrogen and oxygen atoms in total. The molecule has 1 aromatic carbocycles. The molecule has 3 aliphatic carbocycles. The first-order valence-corrected chi connectivity index (χ1v) is 21.1. The van der Waals surface area contributed by atoms with Gasteiger partial charge in [0.15, 0.2) is 17.8 Å². The standard InChI is InChI=1S/C43H66O18/c1-18-20-9-10-26-40(5)14-22(46)36(43(8,56)27(47)11-12-39(3,4)61-19(2)45)41(40,6)15-28(48)42(26,7)21(20)13-23(29(18)49)58-38-35(55)33(53)31(51)25(60-38)17-57-37-34(54)32(52)30(50)24(16-44)59-37/h13,22,24-27,30-38,44,46-47,49-56H,9-12,14-17H2,1-8H3/t22-,24-,25-,26+,27?,30-,31-,32+,33+,34-,35-,36+,37-,38-,40+,41-,42+,43+/m1/s1. The van der Waals surface area contributed by atoms with Crippen LogP contribution in [0.25, 0.3) is 0 Å². The molecule has 61 heavy (non-hydrogen) atoms. The number of rotatable bonds is 12. The Morgan fingerprint density at radius 1 is 0.918 bits per heavy atom. The van der Waals surface area contributed by atoms with Crippen molar-refractivity contribution in [3.8, 4) is 11.5 Å². The molecule has 0 spiro atoms. The van der Waals surface area contributed by atoms with E-state index in [4.69, 9.17) is 23.7 Å². The number of fused-ring (bicyclic) bond motifs is 5. The summed E-state index contributed by atoms with van der Waals surface area (Å²) in [4.78, 5) is 26.6. The number of ketones is 1. The van der Waals surface area contributed by atoms with Crippen molar-refractivity contribution in [2.75, 3.05) is 13.2 Å². The molecule has 0 amide bonds. The Bertz CT molecular complexity index is 1800. The van der Waals surface area contributed by atoms with Gasteiger partial charge in [0.05, 0.1) is 36.4 Å². The summed E-state index contributed by atoms with van der Waals surface area (Å²) in [5.74, 6) is -2.50. The molecule has 6 rings (SSSR count). The summed E-state index contributed by atoms with van der Waals surface area (Å²) < 4.78 is 28.2. The molecule has 2 heterocycles.